The van der Waals surface area contributed by atoms with Crippen LogP contribution in [0.3, 0.4) is 0 Å². The molecule has 132 valence electrons. The van der Waals surface area contributed by atoms with Crippen LogP contribution in [0, 0.1) is 3.57 Å². The summed E-state index contributed by atoms with van der Waals surface area (Å²) < 4.78 is 15.9. The lowest BCUT2D eigenvalue weighted by atomic mass is 10.1. The van der Waals surface area contributed by atoms with Gasteiger partial charge < -0.3 is 19.5 Å². The van der Waals surface area contributed by atoms with Gasteiger partial charge in [-0.3, -0.25) is 4.79 Å². The Kier molecular flexibility index (Phi) is 6.63. The summed E-state index contributed by atoms with van der Waals surface area (Å²) in [4.78, 5) is 23.9. The molecule has 7 heteroatoms. The van der Waals surface area contributed by atoms with Gasteiger partial charge in [0.2, 0.25) is 0 Å². The maximum absolute atomic E-state index is 12.4. The van der Waals surface area contributed by atoms with Crippen molar-refractivity contribution < 1.29 is 23.8 Å². The Bertz CT molecular complexity index is 774. The minimum atomic E-state index is -0.393. The monoisotopic (exact) mass is 455 g/mol. The molecule has 0 aliphatic heterocycles. The first kappa shape index (κ1) is 19.0. The van der Waals surface area contributed by atoms with E-state index in [1.165, 1.54) is 14.2 Å². The second kappa shape index (κ2) is 8.70. The molecule has 25 heavy (non-hydrogen) atoms. The SMILES string of the molecule is COC(=O)c1ccc(CNC(=O)c2cc(OC)c(OC)cc2I)cc1. The summed E-state index contributed by atoms with van der Waals surface area (Å²) in [5.74, 6) is 0.454. The van der Waals surface area contributed by atoms with E-state index in [9.17, 15) is 9.59 Å². The van der Waals surface area contributed by atoms with Crippen molar-refractivity contribution in [1.29, 1.82) is 0 Å². The zero-order valence-corrected chi connectivity index (χ0v) is 16.2. The highest BCUT2D eigenvalue weighted by atomic mass is 127. The molecular weight excluding hydrogens is 437 g/mol. The van der Waals surface area contributed by atoms with Gasteiger partial charge in [-0.25, -0.2) is 4.79 Å². The number of carbonyl (C=O) groups excluding carboxylic acids is 2. The van der Waals surface area contributed by atoms with Crippen LogP contribution < -0.4 is 14.8 Å². The molecule has 1 amide bonds. The van der Waals surface area contributed by atoms with Crippen molar-refractivity contribution in [2.24, 2.45) is 0 Å². The van der Waals surface area contributed by atoms with Crippen LogP contribution in [0.2, 0.25) is 0 Å². The van der Waals surface area contributed by atoms with Crippen molar-refractivity contribution in [3.8, 4) is 11.5 Å². The molecular formula is C18H18INO5. The summed E-state index contributed by atoms with van der Waals surface area (Å²) in [6, 6.07) is 10.3. The minimum absolute atomic E-state index is 0.220. The highest BCUT2D eigenvalue weighted by molar-refractivity contribution is 14.1. The molecule has 0 bridgehead atoms. The first-order valence-electron chi connectivity index (χ1n) is 7.37. The third-order valence-corrected chi connectivity index (χ3v) is 4.44. The fourth-order valence-corrected chi connectivity index (χ4v) is 2.87. The Morgan fingerprint density at radius 3 is 2.16 bits per heavy atom. The largest absolute Gasteiger partial charge is 0.493 e. The van der Waals surface area contributed by atoms with Crippen LogP contribution in [-0.2, 0) is 11.3 Å². The molecule has 0 unspecified atom stereocenters. The van der Waals surface area contributed by atoms with Gasteiger partial charge >= 0.3 is 5.97 Å². The molecule has 1 N–H and O–H groups in total. The van der Waals surface area contributed by atoms with Crippen molar-refractivity contribution in [2.75, 3.05) is 21.3 Å². The molecule has 0 spiro atoms. The van der Waals surface area contributed by atoms with Crippen LogP contribution in [0.4, 0.5) is 0 Å². The van der Waals surface area contributed by atoms with Crippen molar-refractivity contribution >= 4 is 34.5 Å². The van der Waals surface area contributed by atoms with Gasteiger partial charge in [-0.1, -0.05) is 12.1 Å². The number of methoxy groups -OCH3 is 3. The summed E-state index contributed by atoms with van der Waals surface area (Å²) in [7, 11) is 4.40. The van der Waals surface area contributed by atoms with Gasteiger partial charge in [0.05, 0.1) is 32.5 Å². The number of hydrogen-bond donors (Lipinski definition) is 1. The summed E-state index contributed by atoms with van der Waals surface area (Å²) in [6.45, 7) is 0.338. The normalized spacial score (nSPS) is 10.1. The fraction of sp³-hybridized carbons (Fsp3) is 0.222. The number of esters is 1. The Balaban J connectivity index is 2.08. The molecule has 0 aliphatic rings. The topological polar surface area (TPSA) is 73.9 Å². The van der Waals surface area contributed by atoms with Crippen molar-refractivity contribution in [2.45, 2.75) is 6.54 Å². The summed E-state index contributed by atoms with van der Waals surface area (Å²) in [5, 5.41) is 2.85. The van der Waals surface area contributed by atoms with Gasteiger partial charge in [-0.15, -0.1) is 0 Å². The van der Waals surface area contributed by atoms with Crippen LogP contribution in [0.1, 0.15) is 26.3 Å². The van der Waals surface area contributed by atoms with E-state index >= 15 is 0 Å². The highest BCUT2D eigenvalue weighted by Gasteiger charge is 2.15. The molecule has 0 saturated carbocycles. The number of nitrogens with one attached hydrogen (secondary N) is 1. The summed E-state index contributed by atoms with van der Waals surface area (Å²) in [6.07, 6.45) is 0. The maximum Gasteiger partial charge on any atom is 0.337 e. The van der Waals surface area contributed by atoms with Gasteiger partial charge in [0, 0.05) is 10.1 Å². The average Bonchev–Trinajstić information content (AvgIpc) is 2.65. The quantitative estimate of drug-likeness (QED) is 0.536. The van der Waals surface area contributed by atoms with E-state index in [1.807, 2.05) is 0 Å². The van der Waals surface area contributed by atoms with Crippen LogP contribution in [0.25, 0.3) is 0 Å². The molecule has 6 nitrogen and oxygen atoms in total. The molecule has 2 aromatic carbocycles. The summed E-state index contributed by atoms with van der Waals surface area (Å²) >= 11 is 2.08. The second-order valence-corrected chi connectivity index (χ2v) is 6.22. The number of ether oxygens (including phenoxy) is 3. The number of carbonyl (C=O) groups is 2. The van der Waals surface area contributed by atoms with Crippen LogP contribution >= 0.6 is 22.6 Å². The van der Waals surface area contributed by atoms with Gasteiger partial charge in [0.1, 0.15) is 0 Å². The Hall–Kier alpha value is -2.29. The van der Waals surface area contributed by atoms with E-state index < -0.39 is 5.97 Å². The first-order valence-corrected chi connectivity index (χ1v) is 8.45. The van der Waals surface area contributed by atoms with E-state index in [2.05, 4.69) is 32.6 Å². The smallest absolute Gasteiger partial charge is 0.337 e. The highest BCUT2D eigenvalue weighted by Crippen LogP contribution is 2.31. The zero-order valence-electron chi connectivity index (χ0n) is 14.1. The van der Waals surface area contributed by atoms with Gasteiger partial charge in [-0.2, -0.15) is 0 Å². The van der Waals surface area contributed by atoms with Gasteiger partial charge in [-0.05, 0) is 52.4 Å². The van der Waals surface area contributed by atoms with Crippen molar-refractivity contribution in [3.05, 3.63) is 56.7 Å². The van der Waals surface area contributed by atoms with E-state index in [1.54, 1.807) is 43.5 Å². The lowest BCUT2D eigenvalue weighted by Gasteiger charge is -2.12. The average molecular weight is 455 g/mol. The number of benzene rings is 2. The van der Waals surface area contributed by atoms with Crippen LogP contribution in [-0.4, -0.2) is 33.2 Å². The Morgan fingerprint density at radius 2 is 1.60 bits per heavy atom. The molecule has 2 rings (SSSR count). The predicted molar refractivity (Wildman–Crippen MR) is 101 cm³/mol. The third-order valence-electron chi connectivity index (χ3n) is 3.55. The number of halogens is 1. The van der Waals surface area contributed by atoms with E-state index in [4.69, 9.17) is 9.47 Å². The zero-order chi connectivity index (χ0) is 18.4. The summed E-state index contributed by atoms with van der Waals surface area (Å²) in [5.41, 5.74) is 1.84. The fourth-order valence-electron chi connectivity index (χ4n) is 2.18. The van der Waals surface area contributed by atoms with E-state index in [0.29, 0.717) is 29.2 Å². The molecule has 0 saturated heterocycles. The second-order valence-electron chi connectivity index (χ2n) is 5.06. The van der Waals surface area contributed by atoms with Crippen molar-refractivity contribution in [3.63, 3.8) is 0 Å². The number of rotatable bonds is 6. The van der Waals surface area contributed by atoms with Gasteiger partial charge in [0.15, 0.2) is 11.5 Å². The number of hydrogen-bond acceptors (Lipinski definition) is 5. The first-order chi connectivity index (χ1) is 12.0. The molecule has 2 aromatic rings. The van der Waals surface area contributed by atoms with Crippen molar-refractivity contribution in [1.82, 2.24) is 5.32 Å². The molecule has 0 aromatic heterocycles. The van der Waals surface area contributed by atoms with E-state index in [-0.39, 0.29) is 5.91 Å². The third kappa shape index (κ3) is 4.62. The molecule has 0 heterocycles. The molecule has 0 aliphatic carbocycles. The standard InChI is InChI=1S/C18H18INO5/c1-23-15-8-13(14(19)9-16(15)24-2)17(21)20-10-11-4-6-12(7-5-11)18(22)25-3/h4-9H,10H2,1-3H3,(H,20,21). The lowest BCUT2D eigenvalue weighted by molar-refractivity contribution is 0.0600. The van der Waals surface area contributed by atoms with E-state index in [0.717, 1.165) is 9.13 Å². The van der Waals surface area contributed by atoms with Gasteiger partial charge in [0.25, 0.3) is 5.91 Å². The lowest BCUT2D eigenvalue weighted by Crippen LogP contribution is -2.23. The molecule has 0 radical (unpaired) electrons. The van der Waals surface area contributed by atoms with Crippen LogP contribution in [0.5, 0.6) is 11.5 Å². The Labute approximate surface area is 159 Å². The minimum Gasteiger partial charge on any atom is -0.493 e. The Morgan fingerprint density at radius 1 is 1.00 bits per heavy atom. The molecule has 0 fully saturated rings. The number of amides is 1. The predicted octanol–water partition coefficient (Wildman–Crippen LogP) is 3.03. The maximum atomic E-state index is 12.4. The van der Waals surface area contributed by atoms with Crippen LogP contribution in [0.15, 0.2) is 36.4 Å². The molecule has 0 atom stereocenters.